The van der Waals surface area contributed by atoms with Crippen molar-refractivity contribution in [3.63, 3.8) is 0 Å². The van der Waals surface area contributed by atoms with Crippen molar-refractivity contribution >= 4 is 0 Å². The fraction of sp³-hybridized carbons (Fsp3) is 0.647. The van der Waals surface area contributed by atoms with E-state index in [1.807, 2.05) is 6.20 Å². The van der Waals surface area contributed by atoms with E-state index in [-0.39, 0.29) is 5.41 Å². The van der Waals surface area contributed by atoms with E-state index in [1.54, 1.807) is 7.11 Å². The zero-order valence-corrected chi connectivity index (χ0v) is 11.9. The van der Waals surface area contributed by atoms with E-state index in [0.29, 0.717) is 11.4 Å². The van der Waals surface area contributed by atoms with Gasteiger partial charge in [-0.2, -0.15) is 5.26 Å². The molecule has 4 saturated carbocycles. The van der Waals surface area contributed by atoms with Gasteiger partial charge >= 0.3 is 0 Å². The molecule has 104 valence electrons. The third-order valence-corrected chi connectivity index (χ3v) is 5.83. The second kappa shape index (κ2) is 4.22. The molecule has 1 heterocycles. The van der Waals surface area contributed by atoms with E-state index in [2.05, 4.69) is 17.1 Å². The third-order valence-electron chi connectivity index (χ3n) is 5.83. The molecule has 3 heteroatoms. The lowest BCUT2D eigenvalue weighted by Crippen LogP contribution is -2.48. The van der Waals surface area contributed by atoms with Crippen LogP contribution in [0.1, 0.15) is 49.7 Å². The maximum Gasteiger partial charge on any atom is 0.231 e. The molecule has 0 amide bonds. The zero-order chi connectivity index (χ0) is 13.7. The van der Waals surface area contributed by atoms with Crippen LogP contribution in [0.5, 0.6) is 5.88 Å². The average Bonchev–Trinajstić information content (AvgIpc) is 2.44. The molecule has 5 rings (SSSR count). The van der Waals surface area contributed by atoms with Gasteiger partial charge in [-0.25, -0.2) is 4.98 Å². The van der Waals surface area contributed by atoms with Gasteiger partial charge < -0.3 is 4.74 Å². The number of nitrogens with zero attached hydrogens (tertiary/aromatic N) is 2. The summed E-state index contributed by atoms with van der Waals surface area (Å²) in [7, 11) is 1.60. The highest BCUT2D eigenvalue weighted by Crippen LogP contribution is 2.61. The van der Waals surface area contributed by atoms with Crippen LogP contribution in [0.4, 0.5) is 0 Å². The molecule has 0 radical (unpaired) electrons. The van der Waals surface area contributed by atoms with Gasteiger partial charge in [-0.15, -0.1) is 0 Å². The number of aromatic nitrogens is 1. The van der Waals surface area contributed by atoms with Gasteiger partial charge in [0.25, 0.3) is 0 Å². The smallest absolute Gasteiger partial charge is 0.231 e. The van der Waals surface area contributed by atoms with Crippen molar-refractivity contribution in [1.82, 2.24) is 4.98 Å². The van der Waals surface area contributed by atoms with Gasteiger partial charge in [-0.05, 0) is 73.3 Å². The monoisotopic (exact) mass is 268 g/mol. The molecular weight excluding hydrogens is 248 g/mol. The fourth-order valence-electron chi connectivity index (χ4n) is 5.59. The normalized spacial score (nSPS) is 37.7. The Balaban J connectivity index is 1.83. The molecule has 4 bridgehead atoms. The number of rotatable bonds is 2. The molecule has 4 aliphatic rings. The zero-order valence-electron chi connectivity index (χ0n) is 11.9. The van der Waals surface area contributed by atoms with Gasteiger partial charge in [0.1, 0.15) is 11.6 Å². The summed E-state index contributed by atoms with van der Waals surface area (Å²) in [5.41, 5.74) is 2.12. The topological polar surface area (TPSA) is 45.9 Å². The van der Waals surface area contributed by atoms with Crippen molar-refractivity contribution in [2.24, 2.45) is 17.8 Å². The van der Waals surface area contributed by atoms with Crippen LogP contribution in [-0.2, 0) is 5.41 Å². The van der Waals surface area contributed by atoms with Gasteiger partial charge in [-0.1, -0.05) is 0 Å². The van der Waals surface area contributed by atoms with Crippen molar-refractivity contribution < 1.29 is 4.74 Å². The highest BCUT2D eigenvalue weighted by Gasteiger charge is 2.52. The van der Waals surface area contributed by atoms with Crippen molar-refractivity contribution in [2.75, 3.05) is 7.11 Å². The van der Waals surface area contributed by atoms with Crippen LogP contribution < -0.4 is 4.74 Å². The fourth-order valence-corrected chi connectivity index (χ4v) is 5.59. The van der Waals surface area contributed by atoms with Crippen molar-refractivity contribution in [3.8, 4) is 11.9 Å². The Bertz CT molecular complexity index is 552. The van der Waals surface area contributed by atoms with Gasteiger partial charge in [-0.3, -0.25) is 0 Å². The van der Waals surface area contributed by atoms with Crippen LogP contribution in [0.25, 0.3) is 0 Å². The van der Waals surface area contributed by atoms with Gasteiger partial charge in [0, 0.05) is 6.20 Å². The summed E-state index contributed by atoms with van der Waals surface area (Å²) >= 11 is 0. The van der Waals surface area contributed by atoms with Crippen LogP contribution in [0, 0.1) is 29.1 Å². The standard InChI is InChI=1S/C17H20N2O/c1-20-16-14(10-18)15(2-3-19-16)17-7-11-4-12(8-17)6-13(5-11)9-17/h2-3,11-13H,4-9H2,1H3. The van der Waals surface area contributed by atoms with Crippen molar-refractivity contribution in [1.29, 1.82) is 5.26 Å². The van der Waals surface area contributed by atoms with Crippen LogP contribution in [0.2, 0.25) is 0 Å². The number of pyridine rings is 1. The molecule has 0 saturated heterocycles. The van der Waals surface area contributed by atoms with E-state index in [0.717, 1.165) is 17.8 Å². The molecule has 0 aliphatic heterocycles. The summed E-state index contributed by atoms with van der Waals surface area (Å²) in [6.45, 7) is 0. The molecule has 0 atom stereocenters. The Morgan fingerprint density at radius 2 is 1.80 bits per heavy atom. The Hall–Kier alpha value is -1.56. The van der Waals surface area contributed by atoms with E-state index in [1.165, 1.54) is 44.1 Å². The Morgan fingerprint density at radius 1 is 1.20 bits per heavy atom. The van der Waals surface area contributed by atoms with E-state index >= 15 is 0 Å². The second-order valence-corrected chi connectivity index (χ2v) is 7.05. The summed E-state index contributed by atoms with van der Waals surface area (Å²) in [5, 5.41) is 9.56. The van der Waals surface area contributed by atoms with E-state index < -0.39 is 0 Å². The number of methoxy groups -OCH3 is 1. The summed E-state index contributed by atoms with van der Waals surface area (Å²) in [5.74, 6) is 3.15. The van der Waals surface area contributed by atoms with Crippen LogP contribution in [0.15, 0.2) is 12.3 Å². The first-order chi connectivity index (χ1) is 9.74. The predicted molar refractivity (Wildman–Crippen MR) is 75.4 cm³/mol. The molecule has 20 heavy (non-hydrogen) atoms. The van der Waals surface area contributed by atoms with Crippen molar-refractivity contribution in [2.45, 2.75) is 43.9 Å². The van der Waals surface area contributed by atoms with Gasteiger partial charge in [0.2, 0.25) is 5.88 Å². The minimum absolute atomic E-state index is 0.232. The first-order valence-electron chi connectivity index (χ1n) is 7.67. The Kier molecular flexibility index (Phi) is 2.57. The lowest BCUT2D eigenvalue weighted by Gasteiger charge is -2.57. The maximum atomic E-state index is 9.56. The summed E-state index contributed by atoms with van der Waals surface area (Å²) in [6.07, 6.45) is 9.87. The molecule has 4 aliphatic carbocycles. The first-order valence-corrected chi connectivity index (χ1v) is 7.67. The maximum absolute atomic E-state index is 9.56. The number of nitriles is 1. The SMILES string of the molecule is COc1nccc(C23CC4CC(CC(C4)C2)C3)c1C#N. The predicted octanol–water partition coefficient (Wildman–Crippen LogP) is 3.43. The Morgan fingerprint density at radius 3 is 2.30 bits per heavy atom. The largest absolute Gasteiger partial charge is 0.480 e. The molecular formula is C17H20N2O. The minimum Gasteiger partial charge on any atom is -0.480 e. The van der Waals surface area contributed by atoms with E-state index in [4.69, 9.17) is 4.74 Å². The van der Waals surface area contributed by atoms with Gasteiger partial charge in [0.15, 0.2) is 0 Å². The third kappa shape index (κ3) is 1.60. The number of ether oxygens (including phenoxy) is 1. The minimum atomic E-state index is 0.232. The second-order valence-electron chi connectivity index (χ2n) is 7.05. The van der Waals surface area contributed by atoms with Crippen LogP contribution in [0.3, 0.4) is 0 Å². The van der Waals surface area contributed by atoms with Gasteiger partial charge in [0.05, 0.1) is 7.11 Å². The molecule has 0 spiro atoms. The van der Waals surface area contributed by atoms with Crippen LogP contribution >= 0.6 is 0 Å². The summed E-state index contributed by atoms with van der Waals surface area (Å²) in [6, 6.07) is 4.43. The number of hydrogen-bond acceptors (Lipinski definition) is 3. The Labute approximate surface area is 120 Å². The quantitative estimate of drug-likeness (QED) is 0.825. The molecule has 1 aromatic heterocycles. The first kappa shape index (κ1) is 12.2. The summed E-state index contributed by atoms with van der Waals surface area (Å²) < 4.78 is 5.31. The lowest BCUT2D eigenvalue weighted by atomic mass is 9.48. The van der Waals surface area contributed by atoms with Crippen LogP contribution in [-0.4, -0.2) is 12.1 Å². The van der Waals surface area contributed by atoms with E-state index in [9.17, 15) is 5.26 Å². The lowest BCUT2D eigenvalue weighted by molar-refractivity contribution is -0.00544. The molecule has 0 N–H and O–H groups in total. The molecule has 1 aromatic rings. The number of hydrogen-bond donors (Lipinski definition) is 0. The highest BCUT2D eigenvalue weighted by molar-refractivity contribution is 5.49. The molecule has 0 aromatic carbocycles. The molecule has 4 fully saturated rings. The highest BCUT2D eigenvalue weighted by atomic mass is 16.5. The van der Waals surface area contributed by atoms with Crippen molar-refractivity contribution in [3.05, 3.63) is 23.4 Å². The molecule has 3 nitrogen and oxygen atoms in total. The average molecular weight is 268 g/mol. The summed E-state index contributed by atoms with van der Waals surface area (Å²) in [4.78, 5) is 4.21. The molecule has 0 unspecified atom stereocenters.